The third kappa shape index (κ3) is 2.16. The van der Waals surface area contributed by atoms with E-state index in [4.69, 9.17) is 0 Å². The van der Waals surface area contributed by atoms with E-state index in [0.717, 1.165) is 18.4 Å². The first-order chi connectivity index (χ1) is 7.83. The van der Waals surface area contributed by atoms with Gasteiger partial charge in [-0.15, -0.1) is 6.58 Å². The highest BCUT2D eigenvalue weighted by molar-refractivity contribution is 5.96. The number of nitrogens with one attached hydrogen (secondary N) is 1. The number of aryl methyl sites for hydroxylation is 1. The molecular formula is C14H17NO. The van der Waals surface area contributed by atoms with Crippen molar-refractivity contribution in [3.05, 3.63) is 47.5 Å². The minimum Gasteiger partial charge on any atom is -0.349 e. The SMILES string of the molecule is C=CCNC(=O)c1cccc2c1CCCC2. The van der Waals surface area contributed by atoms with Crippen LogP contribution in [0.5, 0.6) is 0 Å². The van der Waals surface area contributed by atoms with E-state index in [-0.39, 0.29) is 5.91 Å². The summed E-state index contributed by atoms with van der Waals surface area (Å²) in [6.45, 7) is 4.13. The Bertz CT molecular complexity index is 409. The molecule has 0 atom stereocenters. The number of rotatable bonds is 3. The van der Waals surface area contributed by atoms with E-state index >= 15 is 0 Å². The first-order valence-electron chi connectivity index (χ1n) is 5.83. The lowest BCUT2D eigenvalue weighted by atomic mass is 9.88. The Kier molecular flexibility index (Phi) is 3.40. The fourth-order valence-electron chi connectivity index (χ4n) is 2.25. The zero-order valence-electron chi connectivity index (χ0n) is 9.46. The Balaban J connectivity index is 2.26. The Hall–Kier alpha value is -1.57. The first kappa shape index (κ1) is 10.9. The number of amides is 1. The molecule has 0 unspecified atom stereocenters. The number of fused-ring (bicyclic) bond motifs is 1. The van der Waals surface area contributed by atoms with Crippen LogP contribution < -0.4 is 5.32 Å². The van der Waals surface area contributed by atoms with E-state index in [2.05, 4.69) is 18.0 Å². The van der Waals surface area contributed by atoms with Crippen LogP contribution >= 0.6 is 0 Å². The molecular weight excluding hydrogens is 198 g/mol. The highest BCUT2D eigenvalue weighted by Gasteiger charge is 2.16. The lowest BCUT2D eigenvalue weighted by molar-refractivity contribution is 0.0957. The first-order valence-corrected chi connectivity index (χ1v) is 5.83. The maximum atomic E-state index is 11.9. The number of carbonyl (C=O) groups is 1. The molecule has 1 amide bonds. The van der Waals surface area contributed by atoms with Crippen molar-refractivity contribution < 1.29 is 4.79 Å². The summed E-state index contributed by atoms with van der Waals surface area (Å²) in [7, 11) is 0. The molecule has 2 heteroatoms. The lowest BCUT2D eigenvalue weighted by Crippen LogP contribution is -2.25. The van der Waals surface area contributed by atoms with E-state index < -0.39 is 0 Å². The van der Waals surface area contributed by atoms with Gasteiger partial charge in [0.15, 0.2) is 0 Å². The summed E-state index contributed by atoms with van der Waals surface area (Å²) in [4.78, 5) is 11.9. The average molecular weight is 215 g/mol. The van der Waals surface area contributed by atoms with Crippen LogP contribution in [-0.4, -0.2) is 12.5 Å². The zero-order chi connectivity index (χ0) is 11.4. The summed E-state index contributed by atoms with van der Waals surface area (Å²) >= 11 is 0. The van der Waals surface area contributed by atoms with Crippen molar-refractivity contribution in [1.82, 2.24) is 5.32 Å². The Morgan fingerprint density at radius 3 is 3.00 bits per heavy atom. The molecule has 1 aliphatic rings. The van der Waals surface area contributed by atoms with Crippen LogP contribution in [0, 0.1) is 0 Å². The lowest BCUT2D eigenvalue weighted by Gasteiger charge is -2.18. The fraction of sp³-hybridized carbons (Fsp3) is 0.357. The van der Waals surface area contributed by atoms with E-state index in [1.807, 2.05) is 12.1 Å². The number of benzene rings is 1. The van der Waals surface area contributed by atoms with E-state index in [1.54, 1.807) is 6.08 Å². The summed E-state index contributed by atoms with van der Waals surface area (Å²) in [6.07, 6.45) is 6.28. The van der Waals surface area contributed by atoms with Crippen LogP contribution in [0.4, 0.5) is 0 Å². The van der Waals surface area contributed by atoms with Crippen LogP contribution in [0.2, 0.25) is 0 Å². The summed E-state index contributed by atoms with van der Waals surface area (Å²) in [6, 6.07) is 6.04. The van der Waals surface area contributed by atoms with Crippen molar-refractivity contribution in [2.24, 2.45) is 0 Å². The maximum Gasteiger partial charge on any atom is 0.251 e. The second-order valence-electron chi connectivity index (χ2n) is 4.15. The van der Waals surface area contributed by atoms with E-state index in [9.17, 15) is 4.79 Å². The minimum atomic E-state index is 0.0265. The highest BCUT2D eigenvalue weighted by atomic mass is 16.1. The topological polar surface area (TPSA) is 29.1 Å². The Morgan fingerprint density at radius 2 is 2.19 bits per heavy atom. The van der Waals surface area contributed by atoms with Gasteiger partial charge in [0, 0.05) is 12.1 Å². The molecule has 0 fully saturated rings. The van der Waals surface area contributed by atoms with Crippen molar-refractivity contribution in [3.8, 4) is 0 Å². The molecule has 0 heterocycles. The quantitative estimate of drug-likeness (QED) is 0.771. The van der Waals surface area contributed by atoms with Crippen LogP contribution in [0.3, 0.4) is 0 Å². The molecule has 0 aromatic heterocycles. The van der Waals surface area contributed by atoms with Gasteiger partial charge in [-0.05, 0) is 42.9 Å². The van der Waals surface area contributed by atoms with Gasteiger partial charge in [0.1, 0.15) is 0 Å². The molecule has 0 saturated carbocycles. The van der Waals surface area contributed by atoms with Gasteiger partial charge >= 0.3 is 0 Å². The molecule has 1 aromatic rings. The average Bonchev–Trinajstić information content (AvgIpc) is 2.35. The molecule has 0 radical (unpaired) electrons. The molecule has 0 aliphatic heterocycles. The predicted molar refractivity (Wildman–Crippen MR) is 65.6 cm³/mol. The molecule has 84 valence electrons. The van der Waals surface area contributed by atoms with E-state index in [0.29, 0.717) is 6.54 Å². The summed E-state index contributed by atoms with van der Waals surface area (Å²) in [5.74, 6) is 0.0265. The monoisotopic (exact) mass is 215 g/mol. The number of hydrogen-bond donors (Lipinski definition) is 1. The maximum absolute atomic E-state index is 11.9. The van der Waals surface area contributed by atoms with Gasteiger partial charge in [0.05, 0.1) is 0 Å². The van der Waals surface area contributed by atoms with Crippen LogP contribution in [-0.2, 0) is 12.8 Å². The molecule has 2 rings (SSSR count). The van der Waals surface area contributed by atoms with Gasteiger partial charge in [-0.25, -0.2) is 0 Å². The zero-order valence-corrected chi connectivity index (χ0v) is 9.46. The van der Waals surface area contributed by atoms with Crippen molar-refractivity contribution in [2.75, 3.05) is 6.54 Å². The van der Waals surface area contributed by atoms with Crippen LogP contribution in [0.15, 0.2) is 30.9 Å². The third-order valence-corrected chi connectivity index (χ3v) is 3.05. The van der Waals surface area contributed by atoms with Crippen molar-refractivity contribution in [1.29, 1.82) is 0 Å². The molecule has 2 nitrogen and oxygen atoms in total. The summed E-state index contributed by atoms with van der Waals surface area (Å²) in [5, 5.41) is 2.84. The van der Waals surface area contributed by atoms with Gasteiger partial charge in [-0.3, -0.25) is 4.79 Å². The van der Waals surface area contributed by atoms with Gasteiger partial charge in [0.25, 0.3) is 5.91 Å². The smallest absolute Gasteiger partial charge is 0.251 e. The van der Waals surface area contributed by atoms with Gasteiger partial charge in [0.2, 0.25) is 0 Å². The second-order valence-corrected chi connectivity index (χ2v) is 4.15. The minimum absolute atomic E-state index is 0.0265. The Labute approximate surface area is 96.4 Å². The molecule has 1 N–H and O–H groups in total. The Morgan fingerprint density at radius 1 is 1.38 bits per heavy atom. The standard InChI is InChI=1S/C14H17NO/c1-2-10-15-14(16)13-9-5-7-11-6-3-4-8-12(11)13/h2,5,7,9H,1,3-4,6,8,10H2,(H,15,16). The third-order valence-electron chi connectivity index (χ3n) is 3.05. The van der Waals surface area contributed by atoms with Gasteiger partial charge in [-0.1, -0.05) is 18.2 Å². The van der Waals surface area contributed by atoms with E-state index in [1.165, 1.54) is 24.0 Å². The fourth-order valence-corrected chi connectivity index (χ4v) is 2.25. The summed E-state index contributed by atoms with van der Waals surface area (Å²) in [5.41, 5.74) is 3.44. The molecule has 1 aliphatic carbocycles. The van der Waals surface area contributed by atoms with Crippen molar-refractivity contribution in [2.45, 2.75) is 25.7 Å². The molecule has 0 saturated heterocycles. The number of hydrogen-bond acceptors (Lipinski definition) is 1. The molecule has 0 spiro atoms. The molecule has 16 heavy (non-hydrogen) atoms. The molecule has 0 bridgehead atoms. The molecule has 1 aromatic carbocycles. The largest absolute Gasteiger partial charge is 0.349 e. The van der Waals surface area contributed by atoms with Crippen molar-refractivity contribution >= 4 is 5.91 Å². The second kappa shape index (κ2) is 4.97. The van der Waals surface area contributed by atoms with Crippen LogP contribution in [0.1, 0.15) is 34.3 Å². The highest BCUT2D eigenvalue weighted by Crippen LogP contribution is 2.24. The number of carbonyl (C=O) groups excluding carboxylic acids is 1. The van der Waals surface area contributed by atoms with Crippen LogP contribution in [0.25, 0.3) is 0 Å². The van der Waals surface area contributed by atoms with Gasteiger partial charge in [-0.2, -0.15) is 0 Å². The predicted octanol–water partition coefficient (Wildman–Crippen LogP) is 2.48. The normalized spacial score (nSPS) is 14.0. The van der Waals surface area contributed by atoms with Gasteiger partial charge < -0.3 is 5.32 Å². The summed E-state index contributed by atoms with van der Waals surface area (Å²) < 4.78 is 0. The van der Waals surface area contributed by atoms with Crippen molar-refractivity contribution in [3.63, 3.8) is 0 Å².